The number of rotatable bonds is 5. The average Bonchev–Trinajstić information content (AvgIpc) is 2.91. The zero-order chi connectivity index (χ0) is 15.4. The lowest BCUT2D eigenvalue weighted by atomic mass is 10.1. The number of oxime groups is 1. The summed E-state index contributed by atoms with van der Waals surface area (Å²) in [6.45, 7) is 4.67. The van der Waals surface area contributed by atoms with Gasteiger partial charge in [0.2, 0.25) is 0 Å². The first-order valence-corrected chi connectivity index (χ1v) is 7.68. The molecule has 2 aromatic rings. The van der Waals surface area contributed by atoms with Crippen LogP contribution >= 0.6 is 22.9 Å². The topological polar surface area (TPSA) is 83.5 Å². The summed E-state index contributed by atoms with van der Waals surface area (Å²) in [6.07, 6.45) is 0. The molecule has 0 bridgehead atoms. The van der Waals surface area contributed by atoms with Crippen LogP contribution in [0.1, 0.15) is 34.8 Å². The van der Waals surface area contributed by atoms with Crippen molar-refractivity contribution in [3.63, 3.8) is 0 Å². The van der Waals surface area contributed by atoms with E-state index >= 15 is 0 Å². The Bertz CT molecular complexity index is 656. The molecule has 21 heavy (non-hydrogen) atoms. The molecule has 1 atom stereocenters. The highest BCUT2D eigenvalue weighted by Crippen LogP contribution is 2.21. The van der Waals surface area contributed by atoms with Crippen molar-refractivity contribution < 1.29 is 5.21 Å². The zero-order valence-electron chi connectivity index (χ0n) is 11.8. The molecule has 0 fully saturated rings. The van der Waals surface area contributed by atoms with E-state index in [0.29, 0.717) is 17.1 Å². The van der Waals surface area contributed by atoms with E-state index in [2.05, 4.69) is 22.4 Å². The second kappa shape index (κ2) is 6.89. The minimum absolute atomic E-state index is 0.0445. The molecule has 0 saturated heterocycles. The maximum Gasteiger partial charge on any atom is 0.170 e. The smallest absolute Gasteiger partial charge is 0.170 e. The van der Waals surface area contributed by atoms with Crippen molar-refractivity contribution in [1.82, 2.24) is 10.3 Å². The van der Waals surface area contributed by atoms with Gasteiger partial charge in [-0.15, -0.1) is 11.3 Å². The number of aryl methyl sites for hydroxylation is 1. The molecule has 0 aliphatic heterocycles. The van der Waals surface area contributed by atoms with Gasteiger partial charge in [-0.25, -0.2) is 4.98 Å². The van der Waals surface area contributed by atoms with Gasteiger partial charge in [-0.3, -0.25) is 0 Å². The normalized spacial score (nSPS) is 13.4. The number of hydrogen-bond donors (Lipinski definition) is 3. The minimum Gasteiger partial charge on any atom is -0.409 e. The number of nitrogens with zero attached hydrogens (tertiary/aromatic N) is 2. The number of nitrogens with two attached hydrogens (primary N) is 1. The van der Waals surface area contributed by atoms with Crippen molar-refractivity contribution in [2.24, 2.45) is 10.9 Å². The van der Waals surface area contributed by atoms with Crippen LogP contribution in [0.3, 0.4) is 0 Å². The van der Waals surface area contributed by atoms with Gasteiger partial charge in [0.15, 0.2) is 5.84 Å². The van der Waals surface area contributed by atoms with Gasteiger partial charge in [-0.1, -0.05) is 28.9 Å². The molecule has 1 unspecified atom stereocenters. The molecule has 7 heteroatoms. The van der Waals surface area contributed by atoms with Gasteiger partial charge >= 0.3 is 0 Å². The van der Waals surface area contributed by atoms with E-state index < -0.39 is 0 Å². The number of thiazole rings is 1. The van der Waals surface area contributed by atoms with E-state index in [0.717, 1.165) is 16.3 Å². The van der Waals surface area contributed by atoms with Crippen LogP contribution in [0.4, 0.5) is 0 Å². The Balaban J connectivity index is 2.03. The summed E-state index contributed by atoms with van der Waals surface area (Å²) in [5.41, 5.74) is 8.11. The Hall–Kier alpha value is -1.63. The standard InChI is InChI=1S/C14H17ClN4OS/c1-8-7-21-14(18-8)9(2)17-6-11-4-3-10(5-12(11)15)13(16)19-20/h3-5,7,9,17,20H,6H2,1-2H3,(H2,16,19). The predicted molar refractivity (Wildman–Crippen MR) is 86.1 cm³/mol. The van der Waals surface area contributed by atoms with Crippen molar-refractivity contribution in [2.45, 2.75) is 26.4 Å². The Kier molecular flexibility index (Phi) is 5.17. The van der Waals surface area contributed by atoms with Crippen molar-refractivity contribution in [1.29, 1.82) is 0 Å². The molecule has 1 aromatic heterocycles. The van der Waals surface area contributed by atoms with Gasteiger partial charge in [0, 0.05) is 28.2 Å². The quantitative estimate of drug-likeness (QED) is 0.341. The van der Waals surface area contributed by atoms with Crippen LogP contribution in [0.15, 0.2) is 28.7 Å². The summed E-state index contributed by atoms with van der Waals surface area (Å²) in [6, 6.07) is 5.48. The molecule has 0 radical (unpaired) electrons. The number of nitrogens with one attached hydrogen (secondary N) is 1. The SMILES string of the molecule is Cc1csc(C(C)NCc2ccc(/C(N)=N/O)cc2Cl)n1. The lowest BCUT2D eigenvalue weighted by Crippen LogP contribution is -2.18. The van der Waals surface area contributed by atoms with Crippen molar-refractivity contribution in [3.05, 3.63) is 50.4 Å². The van der Waals surface area contributed by atoms with Gasteiger partial charge in [-0.05, 0) is 25.5 Å². The highest BCUT2D eigenvalue weighted by Gasteiger charge is 2.10. The third-order valence-electron chi connectivity index (χ3n) is 3.06. The fourth-order valence-electron chi connectivity index (χ4n) is 1.83. The molecule has 0 spiro atoms. The third-order valence-corrected chi connectivity index (χ3v) is 4.56. The highest BCUT2D eigenvalue weighted by molar-refractivity contribution is 7.09. The van der Waals surface area contributed by atoms with Crippen LogP contribution in [0, 0.1) is 6.92 Å². The Morgan fingerprint density at radius 3 is 2.90 bits per heavy atom. The molecule has 1 heterocycles. The van der Waals surface area contributed by atoms with Gasteiger partial charge < -0.3 is 16.3 Å². The van der Waals surface area contributed by atoms with Crippen LogP contribution in [-0.4, -0.2) is 16.0 Å². The first kappa shape index (κ1) is 15.8. The number of aromatic nitrogens is 1. The summed E-state index contributed by atoms with van der Waals surface area (Å²) in [5, 5.41) is 18.7. The van der Waals surface area contributed by atoms with E-state index in [-0.39, 0.29) is 11.9 Å². The van der Waals surface area contributed by atoms with E-state index in [4.69, 9.17) is 22.5 Å². The number of hydrogen-bond acceptors (Lipinski definition) is 5. The Morgan fingerprint density at radius 2 is 2.33 bits per heavy atom. The molecule has 112 valence electrons. The summed E-state index contributed by atoms with van der Waals surface area (Å²) < 4.78 is 0. The lowest BCUT2D eigenvalue weighted by Gasteiger charge is -2.12. The Labute approximate surface area is 132 Å². The Morgan fingerprint density at radius 1 is 1.57 bits per heavy atom. The second-order valence-corrected chi connectivity index (χ2v) is 6.02. The molecule has 0 amide bonds. The van der Waals surface area contributed by atoms with Gasteiger partial charge in [0.25, 0.3) is 0 Å². The monoisotopic (exact) mass is 324 g/mol. The maximum absolute atomic E-state index is 8.65. The summed E-state index contributed by atoms with van der Waals surface area (Å²) in [7, 11) is 0. The van der Waals surface area contributed by atoms with Crippen LogP contribution in [-0.2, 0) is 6.54 Å². The van der Waals surface area contributed by atoms with Gasteiger partial charge in [0.1, 0.15) is 5.01 Å². The number of amidine groups is 1. The number of halogens is 1. The molecule has 5 nitrogen and oxygen atoms in total. The largest absolute Gasteiger partial charge is 0.409 e. The molecule has 1 aromatic carbocycles. The summed E-state index contributed by atoms with van der Waals surface area (Å²) >= 11 is 7.86. The zero-order valence-corrected chi connectivity index (χ0v) is 13.4. The van der Waals surface area contributed by atoms with Gasteiger partial charge in [0.05, 0.1) is 6.04 Å². The van der Waals surface area contributed by atoms with E-state index in [1.807, 2.05) is 18.4 Å². The van der Waals surface area contributed by atoms with Crippen LogP contribution in [0.25, 0.3) is 0 Å². The molecule has 0 saturated carbocycles. The molecule has 2 rings (SSSR count). The summed E-state index contributed by atoms with van der Waals surface area (Å²) in [4.78, 5) is 4.46. The van der Waals surface area contributed by atoms with E-state index in [9.17, 15) is 0 Å². The van der Waals surface area contributed by atoms with Crippen LogP contribution in [0.2, 0.25) is 5.02 Å². The maximum atomic E-state index is 8.65. The van der Waals surface area contributed by atoms with Crippen LogP contribution < -0.4 is 11.1 Å². The van der Waals surface area contributed by atoms with Gasteiger partial charge in [-0.2, -0.15) is 0 Å². The lowest BCUT2D eigenvalue weighted by molar-refractivity contribution is 0.318. The minimum atomic E-state index is 0.0445. The first-order chi connectivity index (χ1) is 10.0. The molecular formula is C14H17ClN4OS. The van der Waals surface area contributed by atoms with E-state index in [1.54, 1.807) is 23.5 Å². The average molecular weight is 325 g/mol. The van der Waals surface area contributed by atoms with Crippen molar-refractivity contribution in [2.75, 3.05) is 0 Å². The fourth-order valence-corrected chi connectivity index (χ4v) is 2.90. The summed E-state index contributed by atoms with van der Waals surface area (Å²) in [5.74, 6) is 0.0445. The molecule has 4 N–H and O–H groups in total. The number of benzene rings is 1. The molecular weight excluding hydrogens is 308 g/mol. The first-order valence-electron chi connectivity index (χ1n) is 6.43. The fraction of sp³-hybridized carbons (Fsp3) is 0.286. The van der Waals surface area contributed by atoms with Crippen LogP contribution in [0.5, 0.6) is 0 Å². The molecule has 0 aliphatic rings. The van der Waals surface area contributed by atoms with Crippen molar-refractivity contribution >= 4 is 28.8 Å². The van der Waals surface area contributed by atoms with Crippen molar-refractivity contribution in [3.8, 4) is 0 Å². The van der Waals surface area contributed by atoms with E-state index in [1.165, 1.54) is 0 Å². The highest BCUT2D eigenvalue weighted by atomic mass is 35.5. The molecule has 0 aliphatic carbocycles. The second-order valence-electron chi connectivity index (χ2n) is 4.72. The third kappa shape index (κ3) is 3.93. The predicted octanol–water partition coefficient (Wildman–Crippen LogP) is 3.05.